The first-order chi connectivity index (χ1) is 8.70. The lowest BCUT2D eigenvalue weighted by Gasteiger charge is -2.24. The lowest BCUT2D eigenvalue weighted by atomic mass is 9.83. The summed E-state index contributed by atoms with van der Waals surface area (Å²) in [7, 11) is 1.52. The van der Waals surface area contributed by atoms with E-state index in [1.165, 1.54) is 26.4 Å². The number of hydrogen-bond donors (Lipinski definition) is 1. The van der Waals surface area contributed by atoms with Gasteiger partial charge in [-0.3, -0.25) is 0 Å². The SMILES string of the molecule is COc1ccc(N)cc1C(=O)OCCC1CCC1. The highest BCUT2D eigenvalue weighted by molar-refractivity contribution is 5.93. The Morgan fingerprint density at radius 1 is 1.44 bits per heavy atom. The van der Waals surface area contributed by atoms with Crippen molar-refractivity contribution in [3.05, 3.63) is 23.8 Å². The molecule has 1 aliphatic rings. The van der Waals surface area contributed by atoms with Crippen molar-refractivity contribution < 1.29 is 14.3 Å². The molecule has 0 bridgehead atoms. The second kappa shape index (κ2) is 5.76. The molecule has 0 spiro atoms. The Hall–Kier alpha value is -1.71. The average Bonchev–Trinajstić information content (AvgIpc) is 2.32. The van der Waals surface area contributed by atoms with Gasteiger partial charge >= 0.3 is 5.97 Å². The van der Waals surface area contributed by atoms with Crippen LogP contribution >= 0.6 is 0 Å². The van der Waals surface area contributed by atoms with E-state index in [1.54, 1.807) is 18.2 Å². The Labute approximate surface area is 107 Å². The van der Waals surface area contributed by atoms with Crippen LogP contribution in [0.2, 0.25) is 0 Å². The zero-order valence-electron chi connectivity index (χ0n) is 10.6. The molecule has 1 aromatic rings. The van der Waals surface area contributed by atoms with Crippen molar-refractivity contribution in [3.8, 4) is 5.75 Å². The van der Waals surface area contributed by atoms with Crippen LogP contribution in [0.5, 0.6) is 5.75 Å². The molecule has 2 N–H and O–H groups in total. The summed E-state index contributed by atoms with van der Waals surface area (Å²) >= 11 is 0. The lowest BCUT2D eigenvalue weighted by molar-refractivity contribution is 0.0461. The number of ether oxygens (including phenoxy) is 2. The minimum atomic E-state index is -0.363. The summed E-state index contributed by atoms with van der Waals surface area (Å²) in [6.07, 6.45) is 4.79. The van der Waals surface area contributed by atoms with E-state index in [1.807, 2.05) is 0 Å². The minimum absolute atomic E-state index is 0.363. The summed E-state index contributed by atoms with van der Waals surface area (Å²) in [5.41, 5.74) is 6.59. The van der Waals surface area contributed by atoms with E-state index < -0.39 is 0 Å². The molecular formula is C14H19NO3. The van der Waals surface area contributed by atoms with E-state index in [0.29, 0.717) is 23.6 Å². The second-order valence-corrected chi connectivity index (χ2v) is 4.68. The van der Waals surface area contributed by atoms with E-state index in [4.69, 9.17) is 15.2 Å². The van der Waals surface area contributed by atoms with Crippen LogP contribution in [0.3, 0.4) is 0 Å². The monoisotopic (exact) mass is 249 g/mol. The van der Waals surface area contributed by atoms with E-state index in [9.17, 15) is 4.79 Å². The highest BCUT2D eigenvalue weighted by Gasteiger charge is 2.19. The van der Waals surface area contributed by atoms with Crippen molar-refractivity contribution in [2.24, 2.45) is 5.92 Å². The maximum atomic E-state index is 11.9. The maximum absolute atomic E-state index is 11.9. The van der Waals surface area contributed by atoms with Crippen LogP contribution in [-0.2, 0) is 4.74 Å². The number of rotatable bonds is 5. The van der Waals surface area contributed by atoms with Gasteiger partial charge in [-0.1, -0.05) is 19.3 Å². The number of anilines is 1. The van der Waals surface area contributed by atoms with Crippen molar-refractivity contribution in [2.75, 3.05) is 19.5 Å². The summed E-state index contributed by atoms with van der Waals surface area (Å²) in [6, 6.07) is 4.96. The molecule has 18 heavy (non-hydrogen) atoms. The van der Waals surface area contributed by atoms with Crippen LogP contribution in [0, 0.1) is 5.92 Å². The molecule has 1 aliphatic carbocycles. The summed E-state index contributed by atoms with van der Waals surface area (Å²) in [5, 5.41) is 0. The number of methoxy groups -OCH3 is 1. The molecule has 0 amide bonds. The normalized spacial score (nSPS) is 14.9. The summed E-state index contributed by atoms with van der Waals surface area (Å²) in [6.45, 7) is 0.474. The van der Waals surface area contributed by atoms with Crippen LogP contribution in [0.15, 0.2) is 18.2 Å². The van der Waals surface area contributed by atoms with E-state index in [2.05, 4.69) is 0 Å². The zero-order chi connectivity index (χ0) is 13.0. The van der Waals surface area contributed by atoms with Gasteiger partial charge in [0.25, 0.3) is 0 Å². The average molecular weight is 249 g/mol. The van der Waals surface area contributed by atoms with E-state index in [0.717, 1.165) is 12.3 Å². The molecule has 4 nitrogen and oxygen atoms in total. The van der Waals surface area contributed by atoms with Crippen LogP contribution in [0.25, 0.3) is 0 Å². The predicted molar refractivity (Wildman–Crippen MR) is 69.6 cm³/mol. The Kier molecular flexibility index (Phi) is 4.07. The Balaban J connectivity index is 1.92. The van der Waals surface area contributed by atoms with Crippen molar-refractivity contribution >= 4 is 11.7 Å². The number of benzene rings is 1. The molecule has 1 fully saturated rings. The van der Waals surface area contributed by atoms with Gasteiger partial charge in [-0.15, -0.1) is 0 Å². The van der Waals surface area contributed by atoms with Crippen molar-refractivity contribution in [2.45, 2.75) is 25.7 Å². The van der Waals surface area contributed by atoms with Gasteiger partial charge in [0.1, 0.15) is 11.3 Å². The molecule has 1 saturated carbocycles. The summed E-state index contributed by atoms with van der Waals surface area (Å²) in [4.78, 5) is 11.9. The van der Waals surface area contributed by atoms with E-state index >= 15 is 0 Å². The van der Waals surface area contributed by atoms with Crippen molar-refractivity contribution in [3.63, 3.8) is 0 Å². The fourth-order valence-electron chi connectivity index (χ4n) is 2.06. The molecule has 4 heteroatoms. The largest absolute Gasteiger partial charge is 0.496 e. The number of esters is 1. The molecule has 0 heterocycles. The fourth-order valence-corrected chi connectivity index (χ4v) is 2.06. The standard InChI is InChI=1S/C14H19NO3/c1-17-13-6-5-11(15)9-12(13)14(16)18-8-7-10-3-2-4-10/h5-6,9-10H,2-4,7-8,15H2,1H3. The molecule has 0 radical (unpaired) electrons. The number of hydrogen-bond acceptors (Lipinski definition) is 4. The highest BCUT2D eigenvalue weighted by Crippen LogP contribution is 2.29. The van der Waals surface area contributed by atoms with Crippen molar-refractivity contribution in [1.29, 1.82) is 0 Å². The number of carbonyl (C=O) groups is 1. The lowest BCUT2D eigenvalue weighted by Crippen LogP contribution is -2.16. The number of nitrogen functional groups attached to an aromatic ring is 1. The molecule has 98 valence electrons. The van der Waals surface area contributed by atoms with Crippen LogP contribution in [0.4, 0.5) is 5.69 Å². The number of carbonyl (C=O) groups excluding carboxylic acids is 1. The molecule has 0 atom stereocenters. The predicted octanol–water partition coefficient (Wildman–Crippen LogP) is 2.62. The summed E-state index contributed by atoms with van der Waals surface area (Å²) < 4.78 is 10.4. The van der Waals surface area contributed by atoms with Gasteiger partial charge in [-0.25, -0.2) is 4.79 Å². The van der Waals surface area contributed by atoms with E-state index in [-0.39, 0.29) is 5.97 Å². The zero-order valence-corrected chi connectivity index (χ0v) is 10.6. The van der Waals surface area contributed by atoms with Gasteiger partial charge in [-0.2, -0.15) is 0 Å². The first-order valence-corrected chi connectivity index (χ1v) is 6.31. The third kappa shape index (κ3) is 2.94. The third-order valence-corrected chi connectivity index (χ3v) is 3.43. The van der Waals surface area contributed by atoms with Crippen molar-refractivity contribution in [1.82, 2.24) is 0 Å². The maximum Gasteiger partial charge on any atom is 0.341 e. The smallest absolute Gasteiger partial charge is 0.341 e. The van der Waals surface area contributed by atoms with Gasteiger partial charge in [0, 0.05) is 5.69 Å². The molecule has 0 saturated heterocycles. The quantitative estimate of drug-likeness (QED) is 0.643. The Morgan fingerprint density at radius 3 is 2.83 bits per heavy atom. The Morgan fingerprint density at radius 2 is 2.22 bits per heavy atom. The van der Waals surface area contributed by atoms with Gasteiger partial charge in [0.2, 0.25) is 0 Å². The molecule has 0 unspecified atom stereocenters. The first kappa shape index (κ1) is 12.7. The Bertz CT molecular complexity index is 427. The molecule has 0 aromatic heterocycles. The molecule has 2 rings (SSSR count). The van der Waals surface area contributed by atoms with Gasteiger partial charge in [0.15, 0.2) is 0 Å². The van der Waals surface area contributed by atoms with Gasteiger partial charge in [-0.05, 0) is 30.5 Å². The molecule has 1 aromatic carbocycles. The fraction of sp³-hybridized carbons (Fsp3) is 0.500. The summed E-state index contributed by atoms with van der Waals surface area (Å²) in [5.74, 6) is 0.872. The van der Waals surface area contributed by atoms with Crippen LogP contribution in [-0.4, -0.2) is 19.7 Å². The number of nitrogens with two attached hydrogens (primary N) is 1. The van der Waals surface area contributed by atoms with Gasteiger partial charge < -0.3 is 15.2 Å². The minimum Gasteiger partial charge on any atom is -0.496 e. The molecular weight excluding hydrogens is 230 g/mol. The highest BCUT2D eigenvalue weighted by atomic mass is 16.5. The first-order valence-electron chi connectivity index (χ1n) is 6.31. The molecule has 0 aliphatic heterocycles. The topological polar surface area (TPSA) is 61.5 Å². The van der Waals surface area contributed by atoms with Crippen LogP contribution < -0.4 is 10.5 Å². The van der Waals surface area contributed by atoms with Gasteiger partial charge in [0.05, 0.1) is 13.7 Å². The second-order valence-electron chi connectivity index (χ2n) is 4.68. The van der Waals surface area contributed by atoms with Crippen LogP contribution in [0.1, 0.15) is 36.0 Å². The third-order valence-electron chi connectivity index (χ3n) is 3.43.